The van der Waals surface area contributed by atoms with Crippen LogP contribution in [0.1, 0.15) is 22.3 Å². The molecule has 0 saturated carbocycles. The summed E-state index contributed by atoms with van der Waals surface area (Å²) in [4.78, 5) is 0. The molecule has 0 aromatic heterocycles. The van der Waals surface area contributed by atoms with Crippen LogP contribution in [0.15, 0.2) is 91.0 Å². The highest BCUT2D eigenvalue weighted by atomic mass is 16.5. The first-order valence-electron chi connectivity index (χ1n) is 10.1. The summed E-state index contributed by atoms with van der Waals surface area (Å²) >= 11 is 0. The molecule has 144 valence electrons. The van der Waals surface area contributed by atoms with Gasteiger partial charge in [-0.3, -0.25) is 0 Å². The number of benzene rings is 4. The van der Waals surface area contributed by atoms with Gasteiger partial charge in [0.25, 0.3) is 0 Å². The average Bonchev–Trinajstić information content (AvgIpc) is 2.75. The van der Waals surface area contributed by atoms with E-state index in [4.69, 9.17) is 4.74 Å². The maximum Gasteiger partial charge on any atom is 0.135 e. The highest BCUT2D eigenvalue weighted by molar-refractivity contribution is 5.84. The van der Waals surface area contributed by atoms with E-state index in [2.05, 4.69) is 106 Å². The molecule has 0 N–H and O–H groups in total. The lowest BCUT2D eigenvalue weighted by atomic mass is 9.93. The summed E-state index contributed by atoms with van der Waals surface area (Å²) in [6, 6.07) is 32.1. The van der Waals surface area contributed by atoms with Gasteiger partial charge in [-0.25, -0.2) is 0 Å². The number of ether oxygens (including phenoxy) is 1. The molecule has 0 aliphatic heterocycles. The van der Waals surface area contributed by atoms with E-state index in [0.717, 1.165) is 11.3 Å². The van der Waals surface area contributed by atoms with E-state index in [-0.39, 0.29) is 0 Å². The summed E-state index contributed by atoms with van der Waals surface area (Å²) in [5.74, 6) is 0.946. The molecule has 0 unspecified atom stereocenters. The Balaban J connectivity index is 1.85. The highest BCUT2D eigenvalue weighted by Gasteiger charge is 2.16. The third-order valence-electron chi connectivity index (χ3n) is 5.29. The Morgan fingerprint density at radius 2 is 1.17 bits per heavy atom. The van der Waals surface area contributed by atoms with E-state index >= 15 is 0 Å². The van der Waals surface area contributed by atoms with Crippen molar-refractivity contribution >= 4 is 0 Å². The zero-order valence-corrected chi connectivity index (χ0v) is 17.3. The molecule has 0 aliphatic rings. The first-order valence-corrected chi connectivity index (χ1v) is 10.1. The maximum atomic E-state index is 6.50. The van der Waals surface area contributed by atoms with Gasteiger partial charge in [0.1, 0.15) is 12.4 Å². The van der Waals surface area contributed by atoms with Gasteiger partial charge in [0.2, 0.25) is 0 Å². The Bertz CT molecular complexity index is 1090. The van der Waals surface area contributed by atoms with E-state index in [1.165, 1.54) is 38.9 Å². The smallest absolute Gasteiger partial charge is 0.135 e. The van der Waals surface area contributed by atoms with Crippen molar-refractivity contribution in [1.29, 1.82) is 0 Å². The molecule has 0 saturated heterocycles. The molecule has 0 aliphatic carbocycles. The van der Waals surface area contributed by atoms with Gasteiger partial charge in [0, 0.05) is 11.1 Å². The summed E-state index contributed by atoms with van der Waals surface area (Å²) < 4.78 is 6.50. The Morgan fingerprint density at radius 1 is 0.586 bits per heavy atom. The Morgan fingerprint density at radius 3 is 1.79 bits per heavy atom. The zero-order chi connectivity index (χ0) is 20.2. The summed E-state index contributed by atoms with van der Waals surface area (Å²) in [5, 5.41) is 0. The molecule has 0 atom stereocenters. The molecule has 0 bridgehead atoms. The van der Waals surface area contributed by atoms with Crippen LogP contribution in [-0.2, 0) is 6.61 Å². The third kappa shape index (κ3) is 4.25. The van der Waals surface area contributed by atoms with Gasteiger partial charge in [-0.1, -0.05) is 102 Å². The van der Waals surface area contributed by atoms with Crippen molar-refractivity contribution in [1.82, 2.24) is 0 Å². The molecule has 0 heterocycles. The molecule has 4 aromatic carbocycles. The second-order valence-corrected chi connectivity index (χ2v) is 7.64. The number of hydrogen-bond acceptors (Lipinski definition) is 1. The molecular weight excluding hydrogens is 352 g/mol. The molecular formula is C28H26O. The van der Waals surface area contributed by atoms with Gasteiger partial charge in [-0.2, -0.15) is 0 Å². The minimum atomic E-state index is 0.544. The number of hydrogen-bond donors (Lipinski definition) is 0. The molecule has 1 nitrogen and oxygen atoms in total. The second kappa shape index (κ2) is 8.36. The molecule has 4 rings (SSSR count). The van der Waals surface area contributed by atoms with Crippen molar-refractivity contribution in [3.05, 3.63) is 113 Å². The fourth-order valence-electron chi connectivity index (χ4n) is 3.60. The zero-order valence-electron chi connectivity index (χ0n) is 17.3. The second-order valence-electron chi connectivity index (χ2n) is 7.64. The lowest BCUT2D eigenvalue weighted by Gasteiger charge is -2.19. The monoisotopic (exact) mass is 378 g/mol. The van der Waals surface area contributed by atoms with Gasteiger partial charge in [0.15, 0.2) is 0 Å². The van der Waals surface area contributed by atoms with Crippen molar-refractivity contribution < 1.29 is 4.74 Å². The van der Waals surface area contributed by atoms with E-state index in [1.54, 1.807) is 0 Å². The predicted molar refractivity (Wildman–Crippen MR) is 122 cm³/mol. The van der Waals surface area contributed by atoms with Crippen LogP contribution in [0.25, 0.3) is 22.3 Å². The highest BCUT2D eigenvalue weighted by Crippen LogP contribution is 2.41. The molecule has 0 amide bonds. The van der Waals surface area contributed by atoms with Crippen LogP contribution in [0.3, 0.4) is 0 Å². The summed E-state index contributed by atoms with van der Waals surface area (Å²) in [6.07, 6.45) is 0. The van der Waals surface area contributed by atoms with E-state index in [0.29, 0.717) is 6.61 Å². The summed E-state index contributed by atoms with van der Waals surface area (Å²) in [5.41, 5.74) is 9.55. The molecule has 0 radical (unpaired) electrons. The number of rotatable bonds is 5. The third-order valence-corrected chi connectivity index (χ3v) is 5.29. The molecule has 0 fully saturated rings. The van der Waals surface area contributed by atoms with E-state index in [1.807, 2.05) is 6.07 Å². The molecule has 29 heavy (non-hydrogen) atoms. The summed E-state index contributed by atoms with van der Waals surface area (Å²) in [6.45, 7) is 6.93. The van der Waals surface area contributed by atoms with Crippen LogP contribution in [0.5, 0.6) is 5.75 Å². The van der Waals surface area contributed by atoms with E-state index in [9.17, 15) is 0 Å². The molecule has 0 spiro atoms. The van der Waals surface area contributed by atoms with Crippen LogP contribution in [0.2, 0.25) is 0 Å². The molecule has 4 aromatic rings. The minimum Gasteiger partial charge on any atom is -0.488 e. The Labute approximate surface area is 173 Å². The normalized spacial score (nSPS) is 10.7. The largest absolute Gasteiger partial charge is 0.488 e. The van der Waals surface area contributed by atoms with Crippen molar-refractivity contribution in [2.45, 2.75) is 27.4 Å². The molecule has 1 heteroatoms. The quantitative estimate of drug-likeness (QED) is 0.349. The lowest BCUT2D eigenvalue weighted by molar-refractivity contribution is 0.308. The van der Waals surface area contributed by atoms with Crippen LogP contribution < -0.4 is 4.74 Å². The topological polar surface area (TPSA) is 9.23 Å². The maximum absolute atomic E-state index is 6.50. The SMILES string of the molecule is Cc1ccc(-c2ccc(C)c(-c3ccc(C)cc3)c2OCc2ccccc2)cc1. The van der Waals surface area contributed by atoms with Gasteiger partial charge >= 0.3 is 0 Å². The van der Waals surface area contributed by atoms with Crippen LogP contribution in [0.4, 0.5) is 0 Å². The predicted octanol–water partition coefficient (Wildman–Crippen LogP) is 7.52. The van der Waals surface area contributed by atoms with Crippen molar-refractivity contribution in [2.24, 2.45) is 0 Å². The van der Waals surface area contributed by atoms with Gasteiger partial charge in [0.05, 0.1) is 0 Å². The first kappa shape index (κ1) is 19.0. The van der Waals surface area contributed by atoms with Crippen LogP contribution >= 0.6 is 0 Å². The fraction of sp³-hybridized carbons (Fsp3) is 0.143. The standard InChI is InChI=1S/C28H26O/c1-20-9-14-24(15-10-20)26-18-13-22(3)27(25-16-11-21(2)12-17-25)28(26)29-19-23-7-5-4-6-8-23/h4-18H,19H2,1-3H3. The van der Waals surface area contributed by atoms with Gasteiger partial charge < -0.3 is 4.74 Å². The van der Waals surface area contributed by atoms with Crippen LogP contribution in [-0.4, -0.2) is 0 Å². The van der Waals surface area contributed by atoms with Gasteiger partial charge in [-0.05, 0) is 43.0 Å². The van der Waals surface area contributed by atoms with Crippen molar-refractivity contribution in [3.8, 4) is 28.0 Å². The van der Waals surface area contributed by atoms with Gasteiger partial charge in [-0.15, -0.1) is 0 Å². The minimum absolute atomic E-state index is 0.544. The number of aryl methyl sites for hydroxylation is 3. The van der Waals surface area contributed by atoms with Crippen molar-refractivity contribution in [2.75, 3.05) is 0 Å². The van der Waals surface area contributed by atoms with Crippen LogP contribution in [0, 0.1) is 20.8 Å². The summed E-state index contributed by atoms with van der Waals surface area (Å²) in [7, 11) is 0. The van der Waals surface area contributed by atoms with Crippen molar-refractivity contribution in [3.63, 3.8) is 0 Å². The lowest BCUT2D eigenvalue weighted by Crippen LogP contribution is -2.00. The fourth-order valence-corrected chi connectivity index (χ4v) is 3.60. The first-order chi connectivity index (χ1) is 14.1. The van der Waals surface area contributed by atoms with E-state index < -0.39 is 0 Å². The average molecular weight is 379 g/mol. The Kier molecular flexibility index (Phi) is 5.48. The Hall–Kier alpha value is -3.32.